The Morgan fingerprint density at radius 3 is 2.87 bits per heavy atom. The van der Waals surface area contributed by atoms with E-state index >= 15 is 0 Å². The van der Waals surface area contributed by atoms with Crippen molar-refractivity contribution in [2.75, 3.05) is 7.11 Å². The Kier molecular flexibility index (Phi) is 4.43. The zero-order valence-electron chi connectivity index (χ0n) is 8.90. The number of rotatable bonds is 4. The van der Waals surface area contributed by atoms with Crippen molar-refractivity contribution in [3.05, 3.63) is 42.5 Å². The molecule has 1 atom stereocenters. The predicted octanol–water partition coefficient (Wildman–Crippen LogP) is 3.20. The Labute approximate surface area is 94.3 Å². The molecule has 0 heterocycles. The van der Waals surface area contributed by atoms with Gasteiger partial charge < -0.3 is 4.74 Å². The second-order valence-corrected chi connectivity index (χ2v) is 4.36. The van der Waals surface area contributed by atoms with Gasteiger partial charge in [0.2, 0.25) is 0 Å². The lowest BCUT2D eigenvalue weighted by Crippen LogP contribution is -1.94. The van der Waals surface area contributed by atoms with E-state index in [-0.39, 0.29) is 10.4 Å². The highest BCUT2D eigenvalue weighted by Gasteiger charge is 2.11. The van der Waals surface area contributed by atoms with E-state index in [2.05, 4.69) is 6.58 Å². The number of carbonyl (C=O) groups excluding carboxylic acids is 1. The van der Waals surface area contributed by atoms with Gasteiger partial charge in [-0.1, -0.05) is 30.0 Å². The number of ether oxygens (including phenoxy) is 1. The van der Waals surface area contributed by atoms with Crippen LogP contribution in [0.5, 0.6) is 5.75 Å². The van der Waals surface area contributed by atoms with Gasteiger partial charge in [-0.05, 0) is 17.7 Å². The number of benzene rings is 1. The minimum atomic E-state index is -0.00222. The molecule has 0 amide bonds. The normalized spacial score (nSPS) is 11.9. The summed E-state index contributed by atoms with van der Waals surface area (Å²) in [7, 11) is 1.63. The first-order chi connectivity index (χ1) is 7.17. The molecule has 0 fully saturated rings. The number of hydrogen-bond acceptors (Lipinski definition) is 3. The van der Waals surface area contributed by atoms with Gasteiger partial charge in [-0.3, -0.25) is 4.79 Å². The van der Waals surface area contributed by atoms with Gasteiger partial charge >= 0.3 is 0 Å². The lowest BCUT2D eigenvalue weighted by molar-refractivity contribution is -0.109. The highest BCUT2D eigenvalue weighted by atomic mass is 32.2. The SMILES string of the molecule is C=C[C@H](SC(C)=O)c1cccc(OC)c1. The van der Waals surface area contributed by atoms with E-state index in [1.54, 1.807) is 20.1 Å². The average Bonchev–Trinajstić information content (AvgIpc) is 2.25. The van der Waals surface area contributed by atoms with E-state index in [9.17, 15) is 4.79 Å². The summed E-state index contributed by atoms with van der Waals surface area (Å²) >= 11 is 1.26. The van der Waals surface area contributed by atoms with Gasteiger partial charge in [0, 0.05) is 6.92 Å². The predicted molar refractivity (Wildman–Crippen MR) is 64.2 cm³/mol. The first-order valence-corrected chi connectivity index (χ1v) is 5.49. The van der Waals surface area contributed by atoms with Crippen molar-refractivity contribution >= 4 is 16.9 Å². The fourth-order valence-electron chi connectivity index (χ4n) is 1.25. The van der Waals surface area contributed by atoms with Gasteiger partial charge in [0.05, 0.1) is 12.4 Å². The summed E-state index contributed by atoms with van der Waals surface area (Å²) in [5.41, 5.74) is 1.03. The van der Waals surface area contributed by atoms with Crippen LogP contribution in [0.2, 0.25) is 0 Å². The van der Waals surface area contributed by atoms with Gasteiger partial charge in [-0.2, -0.15) is 0 Å². The number of thioether (sulfide) groups is 1. The molecule has 1 rings (SSSR count). The summed E-state index contributed by atoms with van der Waals surface area (Å²) in [6.45, 7) is 5.29. The maximum atomic E-state index is 11.0. The summed E-state index contributed by atoms with van der Waals surface area (Å²) in [4.78, 5) is 11.0. The number of hydrogen-bond donors (Lipinski definition) is 0. The quantitative estimate of drug-likeness (QED) is 0.732. The van der Waals surface area contributed by atoms with Crippen molar-refractivity contribution < 1.29 is 9.53 Å². The van der Waals surface area contributed by atoms with Crippen LogP contribution in [0.4, 0.5) is 0 Å². The van der Waals surface area contributed by atoms with E-state index < -0.39 is 0 Å². The molecule has 0 aliphatic carbocycles. The monoisotopic (exact) mass is 222 g/mol. The Morgan fingerprint density at radius 2 is 2.33 bits per heavy atom. The minimum absolute atomic E-state index is 0.00222. The molecule has 1 aromatic carbocycles. The second kappa shape index (κ2) is 5.61. The zero-order valence-corrected chi connectivity index (χ0v) is 9.71. The molecular formula is C12H14O2S. The molecule has 0 aromatic heterocycles. The van der Waals surface area contributed by atoms with Crippen LogP contribution in [-0.4, -0.2) is 12.2 Å². The first-order valence-electron chi connectivity index (χ1n) is 4.61. The van der Waals surface area contributed by atoms with Crippen LogP contribution >= 0.6 is 11.8 Å². The summed E-state index contributed by atoms with van der Waals surface area (Å²) in [5.74, 6) is 0.795. The van der Waals surface area contributed by atoms with Gasteiger partial charge in [0.1, 0.15) is 5.75 Å². The average molecular weight is 222 g/mol. The highest BCUT2D eigenvalue weighted by Crippen LogP contribution is 2.31. The molecule has 0 aliphatic rings. The molecule has 0 spiro atoms. The Hall–Kier alpha value is -1.22. The second-order valence-electron chi connectivity index (χ2n) is 3.04. The topological polar surface area (TPSA) is 26.3 Å². The third kappa shape index (κ3) is 3.44. The Morgan fingerprint density at radius 1 is 1.60 bits per heavy atom. The fraction of sp³-hybridized carbons (Fsp3) is 0.250. The molecule has 3 heteroatoms. The van der Waals surface area contributed by atoms with Gasteiger partial charge in [0.25, 0.3) is 0 Å². The van der Waals surface area contributed by atoms with Crippen LogP contribution in [0, 0.1) is 0 Å². The van der Waals surface area contributed by atoms with Crippen LogP contribution < -0.4 is 4.74 Å². The van der Waals surface area contributed by atoms with E-state index in [1.165, 1.54) is 11.8 Å². The molecule has 2 nitrogen and oxygen atoms in total. The largest absolute Gasteiger partial charge is 0.497 e. The fourth-order valence-corrected chi connectivity index (χ4v) is 1.99. The first kappa shape index (κ1) is 11.9. The molecule has 0 N–H and O–H groups in total. The van der Waals surface area contributed by atoms with Crippen LogP contribution in [0.25, 0.3) is 0 Å². The van der Waals surface area contributed by atoms with E-state index in [1.807, 2.05) is 24.3 Å². The third-order valence-corrected chi connectivity index (χ3v) is 2.98. The molecule has 0 saturated carbocycles. The molecule has 0 saturated heterocycles. The van der Waals surface area contributed by atoms with Crippen molar-refractivity contribution in [3.63, 3.8) is 0 Å². The maximum absolute atomic E-state index is 11.0. The minimum Gasteiger partial charge on any atom is -0.497 e. The summed E-state index contributed by atoms with van der Waals surface area (Å²) < 4.78 is 5.13. The molecule has 15 heavy (non-hydrogen) atoms. The number of methoxy groups -OCH3 is 1. The Balaban J connectivity index is 2.90. The molecular weight excluding hydrogens is 208 g/mol. The van der Waals surface area contributed by atoms with Gasteiger partial charge in [0.15, 0.2) is 5.12 Å². The molecule has 0 aliphatic heterocycles. The van der Waals surface area contributed by atoms with Crippen LogP contribution in [-0.2, 0) is 4.79 Å². The molecule has 0 unspecified atom stereocenters. The molecule has 1 aromatic rings. The van der Waals surface area contributed by atoms with Crippen LogP contribution in [0.1, 0.15) is 17.7 Å². The molecule has 0 radical (unpaired) electrons. The smallest absolute Gasteiger partial charge is 0.186 e. The van der Waals surface area contributed by atoms with E-state index in [0.29, 0.717) is 0 Å². The lowest BCUT2D eigenvalue weighted by Gasteiger charge is -2.11. The Bertz CT molecular complexity index is 360. The van der Waals surface area contributed by atoms with Crippen molar-refractivity contribution in [1.29, 1.82) is 0 Å². The van der Waals surface area contributed by atoms with Crippen molar-refractivity contribution in [2.45, 2.75) is 12.2 Å². The third-order valence-electron chi connectivity index (χ3n) is 1.93. The van der Waals surface area contributed by atoms with Crippen molar-refractivity contribution in [3.8, 4) is 5.75 Å². The highest BCUT2D eigenvalue weighted by molar-refractivity contribution is 8.13. The maximum Gasteiger partial charge on any atom is 0.186 e. The van der Waals surface area contributed by atoms with Gasteiger partial charge in [-0.25, -0.2) is 0 Å². The summed E-state index contributed by atoms with van der Waals surface area (Å²) in [6, 6.07) is 7.67. The van der Waals surface area contributed by atoms with Gasteiger partial charge in [-0.15, -0.1) is 6.58 Å². The van der Waals surface area contributed by atoms with Crippen molar-refractivity contribution in [2.24, 2.45) is 0 Å². The summed E-state index contributed by atoms with van der Waals surface area (Å²) in [6.07, 6.45) is 1.76. The summed E-state index contributed by atoms with van der Waals surface area (Å²) in [5, 5.41) is 0.0836. The van der Waals surface area contributed by atoms with Crippen LogP contribution in [0.3, 0.4) is 0 Å². The van der Waals surface area contributed by atoms with E-state index in [0.717, 1.165) is 11.3 Å². The van der Waals surface area contributed by atoms with Crippen LogP contribution in [0.15, 0.2) is 36.9 Å². The molecule has 80 valence electrons. The lowest BCUT2D eigenvalue weighted by atomic mass is 10.1. The van der Waals surface area contributed by atoms with E-state index in [4.69, 9.17) is 4.74 Å². The number of carbonyl (C=O) groups is 1. The standard InChI is InChI=1S/C12H14O2S/c1-4-12(15-9(2)13)10-6-5-7-11(8-10)14-3/h4-8,12H,1H2,2-3H3/t12-/m0/s1. The zero-order chi connectivity index (χ0) is 11.3. The molecule has 0 bridgehead atoms. The van der Waals surface area contributed by atoms with Crippen molar-refractivity contribution in [1.82, 2.24) is 0 Å².